The van der Waals surface area contributed by atoms with Gasteiger partial charge in [0.05, 0.1) is 19.2 Å². The van der Waals surface area contributed by atoms with E-state index < -0.39 is 35.6 Å². The van der Waals surface area contributed by atoms with Crippen molar-refractivity contribution in [3.8, 4) is 0 Å². The van der Waals surface area contributed by atoms with Gasteiger partial charge in [-0.3, -0.25) is 4.90 Å². The van der Waals surface area contributed by atoms with Crippen molar-refractivity contribution in [2.45, 2.75) is 71.3 Å². The van der Waals surface area contributed by atoms with Crippen LogP contribution in [0, 0.1) is 0 Å². The molecule has 1 amide bonds. The van der Waals surface area contributed by atoms with Crippen LogP contribution in [0.1, 0.15) is 48.0 Å². The Morgan fingerprint density at radius 3 is 2.09 bits per heavy atom. The second-order valence-electron chi connectivity index (χ2n) is 7.41. The molecule has 0 aromatic heterocycles. The summed E-state index contributed by atoms with van der Waals surface area (Å²) in [6.07, 6.45) is -1.46. The topological polar surface area (TPSA) is 85.3 Å². The summed E-state index contributed by atoms with van der Waals surface area (Å²) in [5.41, 5.74) is -1.27. The van der Waals surface area contributed by atoms with Crippen molar-refractivity contribution in [3.05, 3.63) is 0 Å². The second-order valence-corrected chi connectivity index (χ2v) is 7.41. The number of carbonyl (C=O) groups is 2. The van der Waals surface area contributed by atoms with Gasteiger partial charge in [0.1, 0.15) is 17.3 Å². The van der Waals surface area contributed by atoms with Gasteiger partial charge in [-0.2, -0.15) is 0 Å². The maximum Gasteiger partial charge on any atom is 0.509 e. The summed E-state index contributed by atoms with van der Waals surface area (Å²) in [4.78, 5) is 25.2. The van der Waals surface area contributed by atoms with Crippen molar-refractivity contribution in [1.29, 1.82) is 0 Å². The first-order valence-corrected chi connectivity index (χ1v) is 7.41. The SMILES string of the molecule is CC(C)(C)OC(=O)OC1CC(CO)N(C(=O)OC(C)(C)C)C1. The molecule has 2 atom stereocenters. The molecule has 0 radical (unpaired) electrons. The predicted molar refractivity (Wildman–Crippen MR) is 79.5 cm³/mol. The van der Waals surface area contributed by atoms with Gasteiger partial charge in [-0.1, -0.05) is 0 Å². The van der Waals surface area contributed by atoms with Gasteiger partial charge in [-0.05, 0) is 41.5 Å². The Bertz CT molecular complexity index is 409. The highest BCUT2D eigenvalue weighted by molar-refractivity contribution is 5.69. The predicted octanol–water partition coefficient (Wildman–Crippen LogP) is 2.31. The van der Waals surface area contributed by atoms with Crippen LogP contribution in [-0.4, -0.2) is 58.8 Å². The van der Waals surface area contributed by atoms with Crippen LogP contribution in [0.5, 0.6) is 0 Å². The lowest BCUT2D eigenvalue weighted by atomic mass is 10.2. The molecule has 128 valence electrons. The van der Waals surface area contributed by atoms with Crippen molar-refractivity contribution in [2.24, 2.45) is 0 Å². The molecule has 1 rings (SSSR count). The van der Waals surface area contributed by atoms with Gasteiger partial charge < -0.3 is 19.3 Å². The number of hydrogen-bond acceptors (Lipinski definition) is 6. The van der Waals surface area contributed by atoms with Gasteiger partial charge in [0, 0.05) is 6.42 Å². The molecule has 0 saturated carbocycles. The minimum atomic E-state index is -0.778. The molecule has 1 N–H and O–H groups in total. The van der Waals surface area contributed by atoms with E-state index in [0.29, 0.717) is 6.42 Å². The van der Waals surface area contributed by atoms with Gasteiger partial charge >= 0.3 is 12.2 Å². The maximum atomic E-state index is 12.1. The summed E-state index contributed by atoms with van der Waals surface area (Å²) in [6, 6.07) is -0.428. The highest BCUT2D eigenvalue weighted by atomic mass is 16.7. The molecule has 0 spiro atoms. The highest BCUT2D eigenvalue weighted by Crippen LogP contribution is 2.24. The molecule has 0 aliphatic carbocycles. The fraction of sp³-hybridized carbons (Fsp3) is 0.867. The first kappa shape index (κ1) is 18.5. The largest absolute Gasteiger partial charge is 0.509 e. The zero-order chi connectivity index (χ0) is 17.1. The maximum absolute atomic E-state index is 12.1. The summed E-state index contributed by atoms with van der Waals surface area (Å²) in [6.45, 7) is 10.5. The number of ether oxygens (including phenoxy) is 3. The molecule has 0 bridgehead atoms. The third-order valence-electron chi connectivity index (χ3n) is 2.87. The Balaban J connectivity index is 2.61. The van der Waals surface area contributed by atoms with Crippen molar-refractivity contribution >= 4 is 12.2 Å². The summed E-state index contributed by atoms with van der Waals surface area (Å²) in [5.74, 6) is 0. The molecule has 7 nitrogen and oxygen atoms in total. The minimum Gasteiger partial charge on any atom is -0.444 e. The molecular formula is C15H27NO6. The van der Waals surface area contributed by atoms with Gasteiger partial charge in [0.25, 0.3) is 0 Å². The van der Waals surface area contributed by atoms with Crippen molar-refractivity contribution in [3.63, 3.8) is 0 Å². The van der Waals surface area contributed by atoms with Gasteiger partial charge in [0.15, 0.2) is 0 Å². The smallest absolute Gasteiger partial charge is 0.444 e. The lowest BCUT2D eigenvalue weighted by Crippen LogP contribution is -2.41. The number of nitrogens with zero attached hydrogens (tertiary/aromatic N) is 1. The Morgan fingerprint density at radius 1 is 1.09 bits per heavy atom. The zero-order valence-electron chi connectivity index (χ0n) is 14.2. The lowest BCUT2D eigenvalue weighted by Gasteiger charge is -2.27. The van der Waals surface area contributed by atoms with E-state index in [1.807, 2.05) is 0 Å². The van der Waals surface area contributed by atoms with Gasteiger partial charge in [0.2, 0.25) is 0 Å². The lowest BCUT2D eigenvalue weighted by molar-refractivity contribution is -0.0259. The number of likely N-dealkylation sites (tertiary alicyclic amines) is 1. The zero-order valence-corrected chi connectivity index (χ0v) is 14.2. The number of aliphatic hydroxyl groups excluding tert-OH is 1. The molecule has 22 heavy (non-hydrogen) atoms. The van der Waals surface area contributed by atoms with E-state index >= 15 is 0 Å². The third-order valence-corrected chi connectivity index (χ3v) is 2.87. The molecule has 2 unspecified atom stereocenters. The van der Waals surface area contributed by atoms with Gasteiger partial charge in [-0.15, -0.1) is 0 Å². The average molecular weight is 317 g/mol. The number of amides is 1. The van der Waals surface area contributed by atoms with E-state index in [4.69, 9.17) is 14.2 Å². The molecule has 0 aromatic rings. The Labute approximate surface area is 131 Å². The van der Waals surface area contributed by atoms with Crippen LogP contribution in [0.15, 0.2) is 0 Å². The third kappa shape index (κ3) is 6.09. The van der Waals surface area contributed by atoms with E-state index in [1.54, 1.807) is 41.5 Å². The van der Waals surface area contributed by atoms with Crippen LogP contribution in [0.3, 0.4) is 0 Å². The Morgan fingerprint density at radius 2 is 1.64 bits per heavy atom. The molecule has 1 aliphatic heterocycles. The quantitative estimate of drug-likeness (QED) is 0.787. The molecule has 0 aromatic carbocycles. The molecule has 1 saturated heterocycles. The van der Waals surface area contributed by atoms with E-state index in [-0.39, 0.29) is 13.2 Å². The number of hydrogen-bond donors (Lipinski definition) is 1. The summed E-state index contributed by atoms with van der Waals surface area (Å²) in [5, 5.41) is 9.40. The molecule has 1 heterocycles. The average Bonchev–Trinajstić information content (AvgIpc) is 2.66. The fourth-order valence-corrected chi connectivity index (χ4v) is 2.09. The van der Waals surface area contributed by atoms with Crippen LogP contribution < -0.4 is 0 Å². The van der Waals surface area contributed by atoms with E-state index in [1.165, 1.54) is 4.90 Å². The molecule has 1 aliphatic rings. The van der Waals surface area contributed by atoms with Crippen molar-refractivity contribution < 1.29 is 28.9 Å². The standard InChI is InChI=1S/C15H27NO6/c1-14(2,3)21-12(18)16-8-11(7-10(16)9-17)20-13(19)22-15(4,5)6/h10-11,17H,7-9H2,1-6H3. The summed E-state index contributed by atoms with van der Waals surface area (Å²) >= 11 is 0. The first-order valence-electron chi connectivity index (χ1n) is 7.41. The fourth-order valence-electron chi connectivity index (χ4n) is 2.09. The monoisotopic (exact) mass is 317 g/mol. The van der Waals surface area contributed by atoms with E-state index in [2.05, 4.69) is 0 Å². The highest BCUT2D eigenvalue weighted by Gasteiger charge is 2.39. The van der Waals surface area contributed by atoms with Crippen LogP contribution in [0.25, 0.3) is 0 Å². The van der Waals surface area contributed by atoms with Crippen LogP contribution in [0.4, 0.5) is 9.59 Å². The minimum absolute atomic E-state index is 0.180. The van der Waals surface area contributed by atoms with Crippen molar-refractivity contribution in [2.75, 3.05) is 13.2 Å². The van der Waals surface area contributed by atoms with E-state index in [9.17, 15) is 14.7 Å². The van der Waals surface area contributed by atoms with Gasteiger partial charge in [-0.25, -0.2) is 9.59 Å². The first-order chi connectivity index (χ1) is 9.91. The Kier molecular flexibility index (Phi) is 5.67. The number of aliphatic hydroxyl groups is 1. The number of rotatable bonds is 2. The summed E-state index contributed by atoms with van der Waals surface area (Å²) in [7, 11) is 0. The van der Waals surface area contributed by atoms with Crippen LogP contribution in [-0.2, 0) is 14.2 Å². The molecule has 7 heteroatoms. The summed E-state index contributed by atoms with van der Waals surface area (Å²) < 4.78 is 15.6. The van der Waals surface area contributed by atoms with Crippen molar-refractivity contribution in [1.82, 2.24) is 4.90 Å². The number of carbonyl (C=O) groups excluding carboxylic acids is 2. The van der Waals surface area contributed by atoms with Crippen LogP contribution >= 0.6 is 0 Å². The van der Waals surface area contributed by atoms with Crippen LogP contribution in [0.2, 0.25) is 0 Å². The Hall–Kier alpha value is -1.50. The molecular weight excluding hydrogens is 290 g/mol. The second kappa shape index (κ2) is 6.73. The van der Waals surface area contributed by atoms with E-state index in [0.717, 1.165) is 0 Å². The normalized spacial score (nSPS) is 22.4. The molecule has 1 fully saturated rings.